The molecule has 1 fully saturated rings. The highest BCUT2D eigenvalue weighted by Crippen LogP contribution is 2.33. The van der Waals surface area contributed by atoms with E-state index in [1.807, 2.05) is 6.92 Å². The normalized spacial score (nSPS) is 21.5. The molecule has 2 amide bonds. The first kappa shape index (κ1) is 23.2. The third-order valence-corrected chi connectivity index (χ3v) is 6.46. The average molecular weight is 456 g/mol. The number of pyridine rings is 1. The molecule has 0 spiro atoms. The molecule has 0 bridgehead atoms. The summed E-state index contributed by atoms with van der Waals surface area (Å²) in [5.74, 6) is -0.499. The average Bonchev–Trinajstić information content (AvgIpc) is 3.66. The second-order valence-corrected chi connectivity index (χ2v) is 9.17. The topological polar surface area (TPSA) is 83.0 Å². The summed E-state index contributed by atoms with van der Waals surface area (Å²) in [6, 6.07) is 7.47. The van der Waals surface area contributed by atoms with E-state index in [1.54, 1.807) is 48.0 Å². The zero-order chi connectivity index (χ0) is 23.7. The number of halogens is 1. The quantitative estimate of drug-likeness (QED) is 0.724. The van der Waals surface area contributed by atoms with Gasteiger partial charge in [0.05, 0.1) is 19.2 Å². The van der Waals surface area contributed by atoms with Crippen molar-refractivity contribution in [2.24, 2.45) is 11.8 Å². The maximum absolute atomic E-state index is 14.4. The number of ether oxygens (including phenoxy) is 1. The van der Waals surface area contributed by atoms with E-state index in [0.717, 1.165) is 12.8 Å². The molecule has 176 valence electrons. The van der Waals surface area contributed by atoms with Gasteiger partial charge in [-0.25, -0.2) is 9.37 Å². The Labute approximate surface area is 193 Å². The van der Waals surface area contributed by atoms with Crippen LogP contribution in [0.25, 0.3) is 11.1 Å². The van der Waals surface area contributed by atoms with Gasteiger partial charge in [-0.1, -0.05) is 25.1 Å². The molecule has 8 heteroatoms. The molecule has 0 unspecified atom stereocenters. The van der Waals surface area contributed by atoms with Crippen LogP contribution >= 0.6 is 0 Å². The van der Waals surface area contributed by atoms with Gasteiger partial charge in [-0.05, 0) is 31.9 Å². The Bertz CT molecular complexity index is 1040. The fourth-order valence-electron chi connectivity index (χ4n) is 4.16. The third-order valence-electron chi connectivity index (χ3n) is 6.46. The molecule has 33 heavy (non-hydrogen) atoms. The Hall–Kier alpha value is -3.00. The third kappa shape index (κ3) is 4.85. The van der Waals surface area contributed by atoms with Crippen LogP contribution in [0.1, 0.15) is 37.0 Å². The van der Waals surface area contributed by atoms with Gasteiger partial charge in [-0.3, -0.25) is 9.59 Å². The van der Waals surface area contributed by atoms with E-state index in [-0.39, 0.29) is 41.7 Å². The van der Waals surface area contributed by atoms with E-state index in [2.05, 4.69) is 4.98 Å². The number of carbonyl (C=O) groups excluding carboxylic acids is 2. The molecule has 1 aliphatic carbocycles. The van der Waals surface area contributed by atoms with Crippen molar-refractivity contribution in [1.82, 2.24) is 14.8 Å². The van der Waals surface area contributed by atoms with Gasteiger partial charge in [0.15, 0.2) is 0 Å². The van der Waals surface area contributed by atoms with E-state index >= 15 is 0 Å². The van der Waals surface area contributed by atoms with Gasteiger partial charge in [-0.15, -0.1) is 0 Å². The maximum Gasteiger partial charge on any atom is 0.259 e. The van der Waals surface area contributed by atoms with Gasteiger partial charge >= 0.3 is 0 Å². The fraction of sp³-hybridized carbons (Fsp3) is 0.480. The van der Waals surface area contributed by atoms with Crippen molar-refractivity contribution in [2.45, 2.75) is 38.8 Å². The zero-order valence-corrected chi connectivity index (χ0v) is 19.2. The highest BCUT2D eigenvalue weighted by molar-refractivity contribution is 5.98. The highest BCUT2D eigenvalue weighted by atomic mass is 19.1. The Morgan fingerprint density at radius 3 is 2.73 bits per heavy atom. The van der Waals surface area contributed by atoms with Crippen molar-refractivity contribution >= 4 is 11.8 Å². The minimum absolute atomic E-state index is 0.0973. The van der Waals surface area contributed by atoms with Gasteiger partial charge in [0, 0.05) is 42.8 Å². The lowest BCUT2D eigenvalue weighted by molar-refractivity contribution is -0.132. The molecule has 1 aliphatic heterocycles. The van der Waals surface area contributed by atoms with Crippen LogP contribution in [0.4, 0.5) is 4.39 Å². The van der Waals surface area contributed by atoms with E-state index in [1.165, 1.54) is 12.3 Å². The van der Waals surface area contributed by atoms with Crippen molar-refractivity contribution < 1.29 is 23.8 Å². The predicted molar refractivity (Wildman–Crippen MR) is 121 cm³/mol. The summed E-state index contributed by atoms with van der Waals surface area (Å²) in [5.41, 5.74) is 1.01. The standard InChI is InChI=1S/C25H30FN3O4/c1-15-12-29(16(2)14-30)25(32)20-10-18(19-6-4-5-7-21(19)26)11-27-23(20)33-22(15)13-28(3)24(31)17-8-9-17/h4-7,10-11,15-17,22,30H,8-9,12-14H2,1-3H3/t15-,16-,22-/m1/s1. The van der Waals surface area contributed by atoms with Crippen molar-refractivity contribution in [3.63, 3.8) is 0 Å². The number of aliphatic hydroxyl groups excluding tert-OH is 1. The molecule has 2 aliphatic rings. The summed E-state index contributed by atoms with van der Waals surface area (Å²) in [6.45, 7) is 4.25. The van der Waals surface area contributed by atoms with Gasteiger partial charge in [0.25, 0.3) is 5.91 Å². The van der Waals surface area contributed by atoms with Crippen molar-refractivity contribution in [3.8, 4) is 17.0 Å². The number of amides is 2. The van der Waals surface area contributed by atoms with Crippen LogP contribution in [-0.2, 0) is 4.79 Å². The predicted octanol–water partition coefficient (Wildman–Crippen LogP) is 2.98. The Kier molecular flexibility index (Phi) is 6.65. The second-order valence-electron chi connectivity index (χ2n) is 9.17. The zero-order valence-electron chi connectivity index (χ0n) is 19.2. The minimum Gasteiger partial charge on any atom is -0.472 e. The van der Waals surface area contributed by atoms with Crippen LogP contribution in [0.3, 0.4) is 0 Å². The van der Waals surface area contributed by atoms with Crippen LogP contribution < -0.4 is 4.74 Å². The summed E-state index contributed by atoms with van der Waals surface area (Å²) in [7, 11) is 1.77. The number of likely N-dealkylation sites (N-methyl/N-ethyl adjacent to an activating group) is 1. The molecule has 1 saturated carbocycles. The number of benzene rings is 1. The number of hydrogen-bond acceptors (Lipinski definition) is 5. The van der Waals surface area contributed by atoms with Crippen LogP contribution in [0.15, 0.2) is 36.5 Å². The minimum atomic E-state index is -0.422. The van der Waals surface area contributed by atoms with Gasteiger partial charge < -0.3 is 19.6 Å². The SMILES string of the molecule is C[C@@H]1CN([C@H](C)CO)C(=O)c2cc(-c3ccccc3F)cnc2O[C@@H]1CN(C)C(=O)C1CC1. The van der Waals surface area contributed by atoms with E-state index < -0.39 is 18.0 Å². The summed E-state index contributed by atoms with van der Waals surface area (Å²) < 4.78 is 20.6. The Morgan fingerprint density at radius 2 is 2.06 bits per heavy atom. The molecule has 0 saturated heterocycles. The van der Waals surface area contributed by atoms with Gasteiger partial charge in [0.2, 0.25) is 11.8 Å². The van der Waals surface area contributed by atoms with E-state index in [0.29, 0.717) is 24.2 Å². The number of nitrogens with zero attached hydrogens (tertiary/aromatic N) is 3. The largest absolute Gasteiger partial charge is 0.472 e. The number of hydrogen-bond donors (Lipinski definition) is 1. The van der Waals surface area contributed by atoms with Crippen LogP contribution in [0, 0.1) is 17.7 Å². The van der Waals surface area contributed by atoms with Crippen LogP contribution in [0.5, 0.6) is 5.88 Å². The molecular weight excluding hydrogens is 425 g/mol. The van der Waals surface area contributed by atoms with Crippen LogP contribution in [0.2, 0.25) is 0 Å². The summed E-state index contributed by atoms with van der Waals surface area (Å²) >= 11 is 0. The summed E-state index contributed by atoms with van der Waals surface area (Å²) in [5, 5.41) is 9.78. The lowest BCUT2D eigenvalue weighted by atomic mass is 9.99. The molecule has 2 aromatic rings. The van der Waals surface area contributed by atoms with Crippen molar-refractivity contribution in [2.75, 3.05) is 26.7 Å². The fourth-order valence-corrected chi connectivity index (χ4v) is 4.16. The number of aromatic nitrogens is 1. The molecule has 3 atom stereocenters. The van der Waals surface area contributed by atoms with Gasteiger partial charge in [-0.2, -0.15) is 0 Å². The second kappa shape index (κ2) is 9.47. The van der Waals surface area contributed by atoms with Crippen molar-refractivity contribution in [3.05, 3.63) is 47.9 Å². The molecule has 7 nitrogen and oxygen atoms in total. The maximum atomic E-state index is 14.4. The van der Waals surface area contributed by atoms with Crippen LogP contribution in [-0.4, -0.2) is 70.6 Å². The number of rotatable bonds is 6. The molecule has 4 rings (SSSR count). The summed E-state index contributed by atoms with van der Waals surface area (Å²) in [4.78, 5) is 33.7. The lowest BCUT2D eigenvalue weighted by Crippen LogP contribution is -2.50. The van der Waals surface area contributed by atoms with E-state index in [4.69, 9.17) is 4.74 Å². The van der Waals surface area contributed by atoms with Crippen molar-refractivity contribution in [1.29, 1.82) is 0 Å². The molecule has 1 aromatic heterocycles. The molecule has 0 radical (unpaired) electrons. The molecule has 1 N–H and O–H groups in total. The first-order valence-electron chi connectivity index (χ1n) is 11.4. The molecule has 2 heterocycles. The molecular formula is C25H30FN3O4. The first-order valence-corrected chi connectivity index (χ1v) is 11.4. The Morgan fingerprint density at radius 1 is 1.33 bits per heavy atom. The monoisotopic (exact) mass is 455 g/mol. The highest BCUT2D eigenvalue weighted by Gasteiger charge is 2.37. The smallest absolute Gasteiger partial charge is 0.259 e. The number of carbonyl (C=O) groups is 2. The first-order chi connectivity index (χ1) is 15.8. The molecule has 1 aromatic carbocycles. The number of aliphatic hydroxyl groups is 1. The number of fused-ring (bicyclic) bond motifs is 1. The Balaban J connectivity index is 1.71. The summed E-state index contributed by atoms with van der Waals surface area (Å²) in [6.07, 6.45) is 2.94. The van der Waals surface area contributed by atoms with E-state index in [9.17, 15) is 19.1 Å². The van der Waals surface area contributed by atoms with Gasteiger partial charge in [0.1, 0.15) is 17.5 Å². The lowest BCUT2D eigenvalue weighted by Gasteiger charge is -2.37.